The number of nitrogen functional groups attached to an aromatic ring is 1. The molecule has 2 aromatic rings. The predicted molar refractivity (Wildman–Crippen MR) is 110 cm³/mol. The van der Waals surface area contributed by atoms with E-state index in [-0.39, 0.29) is 5.91 Å². The number of para-hydroxylation sites is 1. The molecule has 1 saturated heterocycles. The van der Waals surface area contributed by atoms with Crippen LogP contribution in [-0.2, 0) is 4.79 Å². The molecule has 0 unspecified atom stereocenters. The molecule has 2 heterocycles. The summed E-state index contributed by atoms with van der Waals surface area (Å²) in [6.45, 7) is 9.48. The van der Waals surface area contributed by atoms with Crippen LogP contribution in [0.25, 0.3) is 0 Å². The van der Waals surface area contributed by atoms with E-state index in [9.17, 15) is 4.79 Å². The molecule has 0 bridgehead atoms. The quantitative estimate of drug-likeness (QED) is 0.879. The van der Waals surface area contributed by atoms with Gasteiger partial charge in [-0.3, -0.25) is 4.79 Å². The Bertz CT molecular complexity index is 697. The summed E-state index contributed by atoms with van der Waals surface area (Å²) in [5.41, 5.74) is 7.82. The normalized spacial score (nSPS) is 13.7. The lowest BCUT2D eigenvalue weighted by Gasteiger charge is -2.36. The fraction of sp³-hybridized carbons (Fsp3) is 0.400. The minimum Gasteiger partial charge on any atom is -0.382 e. The Labute approximate surface area is 156 Å². The number of nitrogens with zero attached hydrogens (tertiary/aromatic N) is 3. The summed E-state index contributed by atoms with van der Waals surface area (Å²) >= 11 is 0. The summed E-state index contributed by atoms with van der Waals surface area (Å²) in [6.07, 6.45) is 0.419. The summed E-state index contributed by atoms with van der Waals surface area (Å²) in [5.74, 6) is 1.15. The van der Waals surface area contributed by atoms with Gasteiger partial charge in [0.25, 0.3) is 0 Å². The maximum atomic E-state index is 11.5. The Morgan fingerprint density at radius 1 is 1.04 bits per heavy atom. The molecule has 1 aliphatic rings. The van der Waals surface area contributed by atoms with Gasteiger partial charge in [-0.15, -0.1) is 0 Å². The minimum atomic E-state index is -0.0623. The standard InChI is InChI=1S/C18H23N5O.C2H6/c1-2-17(24)20-15-8-9-16(21-18(15)19)23-12-10-22(11-13-23)14-6-4-3-5-7-14;1-2/h3-9H,2,10-13H2,1H3,(H2,19,21)(H,20,24);1-2H3. The Morgan fingerprint density at radius 2 is 1.65 bits per heavy atom. The molecule has 0 radical (unpaired) electrons. The smallest absolute Gasteiger partial charge is 0.224 e. The highest BCUT2D eigenvalue weighted by molar-refractivity contribution is 5.93. The van der Waals surface area contributed by atoms with Crippen molar-refractivity contribution in [3.63, 3.8) is 0 Å². The van der Waals surface area contributed by atoms with Crippen LogP contribution in [0.3, 0.4) is 0 Å². The first-order valence-corrected chi connectivity index (χ1v) is 9.28. The van der Waals surface area contributed by atoms with Crippen LogP contribution < -0.4 is 20.9 Å². The third kappa shape index (κ3) is 4.88. The Kier molecular flexibility index (Phi) is 7.26. The number of nitrogens with one attached hydrogen (secondary N) is 1. The van der Waals surface area contributed by atoms with E-state index in [0.29, 0.717) is 17.9 Å². The first kappa shape index (κ1) is 19.6. The third-order valence-electron chi connectivity index (χ3n) is 4.23. The SMILES string of the molecule is CC.CCC(=O)Nc1ccc(N2CCN(c3ccccc3)CC2)nc1N. The van der Waals surface area contributed by atoms with E-state index in [1.165, 1.54) is 5.69 Å². The van der Waals surface area contributed by atoms with Crippen molar-refractivity contribution in [2.75, 3.05) is 47.0 Å². The van der Waals surface area contributed by atoms with Crippen LogP contribution in [0.4, 0.5) is 23.0 Å². The second-order valence-corrected chi connectivity index (χ2v) is 5.81. The first-order valence-electron chi connectivity index (χ1n) is 9.28. The molecule has 1 aliphatic heterocycles. The van der Waals surface area contributed by atoms with Gasteiger partial charge >= 0.3 is 0 Å². The predicted octanol–water partition coefficient (Wildman–Crippen LogP) is 3.37. The van der Waals surface area contributed by atoms with Crippen molar-refractivity contribution in [3.8, 4) is 0 Å². The van der Waals surface area contributed by atoms with Gasteiger partial charge in [-0.2, -0.15) is 0 Å². The monoisotopic (exact) mass is 355 g/mol. The Hall–Kier alpha value is -2.76. The van der Waals surface area contributed by atoms with E-state index < -0.39 is 0 Å². The highest BCUT2D eigenvalue weighted by Gasteiger charge is 2.19. The Balaban J connectivity index is 0.00000117. The number of carbonyl (C=O) groups is 1. The van der Waals surface area contributed by atoms with Crippen LogP contribution in [0, 0.1) is 0 Å². The molecule has 3 N–H and O–H groups in total. The van der Waals surface area contributed by atoms with Crippen LogP contribution in [-0.4, -0.2) is 37.1 Å². The second kappa shape index (κ2) is 9.65. The number of piperazine rings is 1. The van der Waals surface area contributed by atoms with Crippen LogP contribution >= 0.6 is 0 Å². The van der Waals surface area contributed by atoms with Crippen LogP contribution in [0.2, 0.25) is 0 Å². The fourth-order valence-electron chi connectivity index (χ4n) is 2.82. The summed E-state index contributed by atoms with van der Waals surface area (Å²) in [5, 5.41) is 2.77. The lowest BCUT2D eigenvalue weighted by Crippen LogP contribution is -2.46. The molecule has 140 valence electrons. The number of rotatable bonds is 4. The molecule has 6 heteroatoms. The molecule has 1 amide bonds. The van der Waals surface area contributed by atoms with E-state index in [0.717, 1.165) is 32.0 Å². The van der Waals surface area contributed by atoms with Gasteiger partial charge in [0, 0.05) is 38.3 Å². The molecule has 0 aliphatic carbocycles. The van der Waals surface area contributed by atoms with Crippen molar-refractivity contribution in [1.82, 2.24) is 4.98 Å². The fourth-order valence-corrected chi connectivity index (χ4v) is 2.82. The number of anilines is 4. The number of amides is 1. The summed E-state index contributed by atoms with van der Waals surface area (Å²) < 4.78 is 0. The zero-order valence-corrected chi connectivity index (χ0v) is 15.9. The maximum Gasteiger partial charge on any atom is 0.224 e. The number of benzene rings is 1. The number of hydrogen-bond donors (Lipinski definition) is 2. The first-order chi connectivity index (χ1) is 12.7. The van der Waals surface area contributed by atoms with Gasteiger partial charge in [0.15, 0.2) is 0 Å². The van der Waals surface area contributed by atoms with Crippen molar-refractivity contribution in [3.05, 3.63) is 42.5 Å². The van der Waals surface area contributed by atoms with Crippen LogP contribution in [0.1, 0.15) is 27.2 Å². The molecule has 0 saturated carbocycles. The number of nitrogens with two attached hydrogens (primary N) is 1. The largest absolute Gasteiger partial charge is 0.382 e. The zero-order valence-electron chi connectivity index (χ0n) is 15.9. The molecule has 0 atom stereocenters. The van der Waals surface area contributed by atoms with Gasteiger partial charge in [-0.25, -0.2) is 4.98 Å². The van der Waals surface area contributed by atoms with Crippen molar-refractivity contribution in [1.29, 1.82) is 0 Å². The Morgan fingerprint density at radius 3 is 2.23 bits per heavy atom. The minimum absolute atomic E-state index is 0.0623. The average molecular weight is 355 g/mol. The molecule has 26 heavy (non-hydrogen) atoms. The third-order valence-corrected chi connectivity index (χ3v) is 4.23. The lowest BCUT2D eigenvalue weighted by atomic mass is 10.2. The molecule has 0 spiro atoms. The van der Waals surface area contributed by atoms with Crippen molar-refractivity contribution < 1.29 is 4.79 Å². The molecule has 6 nitrogen and oxygen atoms in total. The van der Waals surface area contributed by atoms with Gasteiger partial charge in [0.2, 0.25) is 5.91 Å². The summed E-state index contributed by atoms with van der Waals surface area (Å²) in [4.78, 5) is 20.5. The van der Waals surface area contributed by atoms with E-state index in [1.54, 1.807) is 6.92 Å². The molecule has 3 rings (SSSR count). The molecule has 1 fully saturated rings. The van der Waals surface area contributed by atoms with Gasteiger partial charge in [-0.1, -0.05) is 39.0 Å². The van der Waals surface area contributed by atoms with E-state index in [2.05, 4.69) is 44.4 Å². The highest BCUT2D eigenvalue weighted by atomic mass is 16.1. The number of hydrogen-bond acceptors (Lipinski definition) is 5. The second-order valence-electron chi connectivity index (χ2n) is 5.81. The van der Waals surface area contributed by atoms with Gasteiger partial charge in [0.1, 0.15) is 11.6 Å². The molecular formula is C20H29N5O. The van der Waals surface area contributed by atoms with Crippen LogP contribution in [0.5, 0.6) is 0 Å². The molecular weight excluding hydrogens is 326 g/mol. The summed E-state index contributed by atoms with van der Waals surface area (Å²) in [6, 6.07) is 14.2. The molecule has 1 aromatic heterocycles. The zero-order chi connectivity index (χ0) is 18.9. The number of aromatic nitrogens is 1. The average Bonchev–Trinajstić information content (AvgIpc) is 2.71. The van der Waals surface area contributed by atoms with Crippen molar-refractivity contribution in [2.24, 2.45) is 0 Å². The van der Waals surface area contributed by atoms with Crippen molar-refractivity contribution >= 4 is 28.9 Å². The van der Waals surface area contributed by atoms with Crippen molar-refractivity contribution in [2.45, 2.75) is 27.2 Å². The summed E-state index contributed by atoms with van der Waals surface area (Å²) in [7, 11) is 0. The van der Waals surface area contributed by atoms with E-state index in [1.807, 2.05) is 32.0 Å². The maximum absolute atomic E-state index is 11.5. The van der Waals surface area contributed by atoms with Gasteiger partial charge < -0.3 is 20.9 Å². The number of carbonyl (C=O) groups excluding carboxylic acids is 1. The van der Waals surface area contributed by atoms with Gasteiger partial charge in [0.05, 0.1) is 5.69 Å². The van der Waals surface area contributed by atoms with E-state index >= 15 is 0 Å². The number of pyridine rings is 1. The lowest BCUT2D eigenvalue weighted by molar-refractivity contribution is -0.115. The highest BCUT2D eigenvalue weighted by Crippen LogP contribution is 2.23. The topological polar surface area (TPSA) is 74.5 Å². The molecule has 1 aromatic carbocycles. The van der Waals surface area contributed by atoms with Gasteiger partial charge in [-0.05, 0) is 24.3 Å². The van der Waals surface area contributed by atoms with E-state index in [4.69, 9.17) is 5.73 Å². The van der Waals surface area contributed by atoms with Crippen LogP contribution in [0.15, 0.2) is 42.5 Å².